The largest absolute Gasteiger partial charge is 0.368 e. The third-order valence-electron chi connectivity index (χ3n) is 5.62. The second-order valence-corrected chi connectivity index (χ2v) is 7.48. The first-order valence-electron chi connectivity index (χ1n) is 9.63. The van der Waals surface area contributed by atoms with Crippen LogP contribution >= 0.6 is 0 Å². The number of amides is 2. The van der Waals surface area contributed by atoms with Gasteiger partial charge in [0, 0.05) is 37.6 Å². The van der Waals surface area contributed by atoms with Crippen LogP contribution in [0.1, 0.15) is 18.4 Å². The number of carbonyl (C=O) groups is 2. The molecular weight excluding hydrogens is 371 g/mol. The summed E-state index contributed by atoms with van der Waals surface area (Å²) in [6.07, 6.45) is 1.10. The van der Waals surface area contributed by atoms with Gasteiger partial charge in [0.05, 0.1) is 11.6 Å². The number of carbonyl (C=O) groups excluding carboxylic acids is 2. The van der Waals surface area contributed by atoms with E-state index in [0.29, 0.717) is 50.3 Å². The minimum absolute atomic E-state index is 0.123. The first-order chi connectivity index (χ1) is 14.0. The molecule has 2 aliphatic rings. The molecule has 1 aliphatic heterocycles. The molecule has 2 amide bonds. The highest BCUT2D eigenvalue weighted by Gasteiger charge is 2.58. The number of hydrogen-bond donors (Lipinski definition) is 1. The average molecular weight is 392 g/mol. The van der Waals surface area contributed by atoms with Gasteiger partial charge in [-0.15, -0.1) is 0 Å². The topological polar surface area (TPSA) is 76.4 Å². The van der Waals surface area contributed by atoms with E-state index in [2.05, 4.69) is 10.2 Å². The molecule has 6 nitrogen and oxygen atoms in total. The Kier molecular flexibility index (Phi) is 4.93. The molecule has 0 radical (unpaired) electrons. The van der Waals surface area contributed by atoms with Crippen LogP contribution in [-0.4, -0.2) is 42.9 Å². The molecule has 7 heteroatoms. The Balaban J connectivity index is 1.37. The van der Waals surface area contributed by atoms with Crippen molar-refractivity contribution in [2.45, 2.75) is 12.8 Å². The van der Waals surface area contributed by atoms with Crippen molar-refractivity contribution >= 4 is 23.2 Å². The third kappa shape index (κ3) is 3.79. The molecule has 0 atom stereocenters. The van der Waals surface area contributed by atoms with Gasteiger partial charge in [-0.1, -0.05) is 0 Å². The molecule has 2 fully saturated rings. The van der Waals surface area contributed by atoms with Gasteiger partial charge in [-0.2, -0.15) is 5.26 Å². The Morgan fingerprint density at radius 2 is 1.59 bits per heavy atom. The van der Waals surface area contributed by atoms with Gasteiger partial charge in [0.1, 0.15) is 11.2 Å². The van der Waals surface area contributed by atoms with Crippen molar-refractivity contribution in [1.29, 1.82) is 5.26 Å². The van der Waals surface area contributed by atoms with Gasteiger partial charge in [0.15, 0.2) is 0 Å². The highest BCUT2D eigenvalue weighted by Crippen LogP contribution is 2.48. The van der Waals surface area contributed by atoms with E-state index in [0.717, 1.165) is 5.69 Å². The number of hydrogen-bond acceptors (Lipinski definition) is 4. The zero-order chi connectivity index (χ0) is 20.4. The maximum Gasteiger partial charge on any atom is 0.240 e. The minimum atomic E-state index is -0.980. The van der Waals surface area contributed by atoms with Gasteiger partial charge in [-0.3, -0.25) is 9.59 Å². The molecule has 1 saturated carbocycles. The van der Waals surface area contributed by atoms with Crippen LogP contribution in [0, 0.1) is 22.6 Å². The van der Waals surface area contributed by atoms with E-state index in [1.165, 1.54) is 12.1 Å². The predicted molar refractivity (Wildman–Crippen MR) is 107 cm³/mol. The van der Waals surface area contributed by atoms with Gasteiger partial charge < -0.3 is 15.1 Å². The lowest BCUT2D eigenvalue weighted by Gasteiger charge is -2.37. The molecule has 0 spiro atoms. The molecule has 1 saturated heterocycles. The first kappa shape index (κ1) is 18.9. The molecule has 0 bridgehead atoms. The molecule has 1 aliphatic carbocycles. The number of piperazine rings is 1. The zero-order valence-corrected chi connectivity index (χ0v) is 15.9. The Morgan fingerprint density at radius 3 is 2.14 bits per heavy atom. The molecule has 2 aromatic rings. The number of anilines is 2. The van der Waals surface area contributed by atoms with Crippen LogP contribution in [0.3, 0.4) is 0 Å². The van der Waals surface area contributed by atoms with Gasteiger partial charge in [0.2, 0.25) is 11.8 Å². The summed E-state index contributed by atoms with van der Waals surface area (Å²) in [4.78, 5) is 29.7. The van der Waals surface area contributed by atoms with E-state index < -0.39 is 5.41 Å². The van der Waals surface area contributed by atoms with Crippen LogP contribution in [0.4, 0.5) is 15.8 Å². The van der Waals surface area contributed by atoms with Crippen molar-refractivity contribution in [3.8, 4) is 6.07 Å². The van der Waals surface area contributed by atoms with Gasteiger partial charge >= 0.3 is 0 Å². The summed E-state index contributed by atoms with van der Waals surface area (Å²) in [5.41, 5.74) is 1.04. The molecule has 2 aromatic carbocycles. The van der Waals surface area contributed by atoms with Gasteiger partial charge in [-0.25, -0.2) is 4.39 Å². The van der Waals surface area contributed by atoms with E-state index >= 15 is 0 Å². The zero-order valence-electron chi connectivity index (χ0n) is 15.9. The maximum absolute atomic E-state index is 13.1. The molecule has 148 valence electrons. The summed E-state index contributed by atoms with van der Waals surface area (Å²) in [5.74, 6) is -0.679. The van der Waals surface area contributed by atoms with E-state index in [4.69, 9.17) is 5.26 Å². The van der Waals surface area contributed by atoms with Crippen molar-refractivity contribution in [3.05, 3.63) is 59.9 Å². The summed E-state index contributed by atoms with van der Waals surface area (Å²) >= 11 is 0. The number of nitrogens with one attached hydrogen (secondary N) is 1. The fourth-order valence-corrected chi connectivity index (χ4v) is 3.66. The van der Waals surface area contributed by atoms with E-state index in [1.54, 1.807) is 41.3 Å². The molecule has 1 heterocycles. The first-order valence-corrected chi connectivity index (χ1v) is 9.63. The molecule has 1 N–H and O–H groups in total. The molecule has 0 unspecified atom stereocenters. The Labute approximate surface area is 168 Å². The summed E-state index contributed by atoms with van der Waals surface area (Å²) in [7, 11) is 0. The molecule has 29 heavy (non-hydrogen) atoms. The van der Waals surface area contributed by atoms with E-state index in [1.807, 2.05) is 6.07 Å². The Morgan fingerprint density at radius 1 is 0.966 bits per heavy atom. The smallest absolute Gasteiger partial charge is 0.240 e. The van der Waals surface area contributed by atoms with Crippen molar-refractivity contribution in [2.75, 3.05) is 36.4 Å². The monoisotopic (exact) mass is 392 g/mol. The lowest BCUT2D eigenvalue weighted by atomic mass is 10.0. The predicted octanol–water partition coefficient (Wildman–Crippen LogP) is 2.76. The van der Waals surface area contributed by atoms with Crippen molar-refractivity contribution in [3.63, 3.8) is 0 Å². The van der Waals surface area contributed by atoms with Crippen molar-refractivity contribution < 1.29 is 14.0 Å². The fourth-order valence-electron chi connectivity index (χ4n) is 3.66. The average Bonchev–Trinajstić information content (AvgIpc) is 3.57. The minimum Gasteiger partial charge on any atom is -0.368 e. The van der Waals surface area contributed by atoms with E-state index in [9.17, 15) is 14.0 Å². The Bertz CT molecular complexity index is 954. The number of benzene rings is 2. The summed E-state index contributed by atoms with van der Waals surface area (Å²) in [6.45, 7) is 2.35. The Hall–Kier alpha value is -3.40. The maximum atomic E-state index is 13.1. The highest BCUT2D eigenvalue weighted by molar-refractivity contribution is 6.13. The SMILES string of the molecule is N#Cc1ccc(NC(=O)C2(C(=O)N3CCN(c4ccc(F)cc4)CC3)CC2)cc1. The van der Waals surface area contributed by atoms with Crippen LogP contribution in [0.15, 0.2) is 48.5 Å². The summed E-state index contributed by atoms with van der Waals surface area (Å²) in [5, 5.41) is 11.7. The lowest BCUT2D eigenvalue weighted by Crippen LogP contribution is -2.52. The number of nitrogens with zero attached hydrogens (tertiary/aromatic N) is 3. The van der Waals surface area contributed by atoms with E-state index in [-0.39, 0.29) is 17.6 Å². The van der Waals surface area contributed by atoms with Crippen LogP contribution < -0.4 is 10.2 Å². The molecule has 0 aromatic heterocycles. The second kappa shape index (κ2) is 7.55. The van der Waals surface area contributed by atoms with Crippen LogP contribution in [0.25, 0.3) is 0 Å². The highest BCUT2D eigenvalue weighted by atomic mass is 19.1. The summed E-state index contributed by atoms with van der Waals surface area (Å²) < 4.78 is 13.1. The second-order valence-electron chi connectivity index (χ2n) is 7.48. The van der Waals surface area contributed by atoms with Gasteiger partial charge in [0.25, 0.3) is 0 Å². The van der Waals surface area contributed by atoms with Crippen LogP contribution in [0.2, 0.25) is 0 Å². The quantitative estimate of drug-likeness (QED) is 0.812. The van der Waals surface area contributed by atoms with Crippen molar-refractivity contribution in [2.24, 2.45) is 5.41 Å². The normalized spacial score (nSPS) is 17.4. The third-order valence-corrected chi connectivity index (χ3v) is 5.62. The lowest BCUT2D eigenvalue weighted by molar-refractivity contribution is -0.142. The van der Waals surface area contributed by atoms with Crippen molar-refractivity contribution in [1.82, 2.24) is 4.90 Å². The van der Waals surface area contributed by atoms with Gasteiger partial charge in [-0.05, 0) is 61.4 Å². The number of nitriles is 1. The number of rotatable bonds is 4. The molecule has 4 rings (SSSR count). The summed E-state index contributed by atoms with van der Waals surface area (Å²) in [6, 6.07) is 15.0. The fraction of sp³-hybridized carbons (Fsp3) is 0.318. The standard InChI is InChI=1S/C22H21FN4O2/c23-17-3-7-19(8-4-17)26-11-13-27(14-12-26)21(29)22(9-10-22)20(28)25-18-5-1-16(15-24)2-6-18/h1-8H,9-14H2,(H,25,28). The van der Waals surface area contributed by atoms with Crippen LogP contribution in [0.5, 0.6) is 0 Å². The molecular formula is C22H21FN4O2. The number of halogens is 1. The van der Waals surface area contributed by atoms with Crippen LogP contribution in [-0.2, 0) is 9.59 Å².